The quantitative estimate of drug-likeness (QED) is 0.385. The fourth-order valence-corrected chi connectivity index (χ4v) is 3.11. The van der Waals surface area contributed by atoms with Gasteiger partial charge in [0.2, 0.25) is 0 Å². The molecule has 136 valence electrons. The average molecular weight is 354 g/mol. The second kappa shape index (κ2) is 11.1. The highest BCUT2D eigenvalue weighted by atomic mass is 32.2. The van der Waals surface area contributed by atoms with E-state index in [1.807, 2.05) is 31.2 Å². The Morgan fingerprint density at radius 3 is 2.25 bits per heavy atom. The number of unbranched alkanes of at least 4 members (excludes halogenated alkanes) is 3. The van der Waals surface area contributed by atoms with Gasteiger partial charge in [-0.15, -0.1) is 0 Å². The minimum absolute atomic E-state index is 0.0818. The molecule has 6 heteroatoms. The molecule has 0 spiro atoms. The van der Waals surface area contributed by atoms with Crippen molar-refractivity contribution in [3.8, 4) is 0 Å². The number of sulfone groups is 1. The summed E-state index contributed by atoms with van der Waals surface area (Å²) in [7, 11) is -2.99. The van der Waals surface area contributed by atoms with Crippen LogP contribution in [-0.4, -0.2) is 33.7 Å². The minimum Gasteiger partial charge on any atom is -0.357 e. The highest BCUT2D eigenvalue weighted by Crippen LogP contribution is 2.08. The Kier molecular flexibility index (Phi) is 9.45. The summed E-state index contributed by atoms with van der Waals surface area (Å²) in [6, 6.07) is 7.59. The van der Waals surface area contributed by atoms with E-state index in [-0.39, 0.29) is 5.75 Å². The Bertz CT molecular complexity index is 595. The molecule has 0 radical (unpaired) electrons. The van der Waals surface area contributed by atoms with Crippen molar-refractivity contribution < 1.29 is 8.42 Å². The van der Waals surface area contributed by atoms with Crippen LogP contribution in [0.1, 0.15) is 50.7 Å². The Balaban J connectivity index is 2.52. The van der Waals surface area contributed by atoms with Crippen molar-refractivity contribution in [1.29, 1.82) is 0 Å². The molecule has 0 aliphatic heterocycles. The van der Waals surface area contributed by atoms with Crippen LogP contribution < -0.4 is 10.6 Å². The molecule has 2 N–H and O–H groups in total. The zero-order chi connectivity index (χ0) is 17.8. The van der Waals surface area contributed by atoms with E-state index in [9.17, 15) is 8.42 Å². The van der Waals surface area contributed by atoms with Gasteiger partial charge in [0.1, 0.15) is 0 Å². The topological polar surface area (TPSA) is 70.6 Å². The number of aliphatic imine (C=N–C) groups is 1. The van der Waals surface area contributed by atoms with Gasteiger partial charge in [-0.1, -0.05) is 50.5 Å². The summed E-state index contributed by atoms with van der Waals surface area (Å²) in [5.41, 5.74) is 1.88. The Labute approximate surface area is 146 Å². The molecule has 0 unspecified atom stereocenters. The van der Waals surface area contributed by atoms with E-state index < -0.39 is 9.84 Å². The lowest BCUT2D eigenvalue weighted by atomic mass is 10.1. The van der Waals surface area contributed by atoms with Crippen LogP contribution in [0.5, 0.6) is 0 Å². The number of rotatable bonds is 10. The summed E-state index contributed by atoms with van der Waals surface area (Å²) in [5, 5.41) is 6.60. The maximum Gasteiger partial charge on any atom is 0.191 e. The van der Waals surface area contributed by atoms with Gasteiger partial charge in [0.15, 0.2) is 15.8 Å². The van der Waals surface area contributed by atoms with E-state index in [1.165, 1.54) is 25.5 Å². The first kappa shape index (κ1) is 20.5. The zero-order valence-corrected chi connectivity index (χ0v) is 16.0. The fourth-order valence-electron chi connectivity index (χ4n) is 2.31. The highest BCUT2D eigenvalue weighted by Gasteiger charge is 2.04. The van der Waals surface area contributed by atoms with Gasteiger partial charge in [0, 0.05) is 19.3 Å². The van der Waals surface area contributed by atoms with Crippen LogP contribution in [0.25, 0.3) is 0 Å². The predicted molar refractivity (Wildman–Crippen MR) is 102 cm³/mol. The molecule has 0 amide bonds. The van der Waals surface area contributed by atoms with E-state index >= 15 is 0 Å². The molecule has 5 nitrogen and oxygen atoms in total. The van der Waals surface area contributed by atoms with Crippen LogP contribution in [0.4, 0.5) is 0 Å². The molecule has 0 saturated heterocycles. The number of benzene rings is 1. The van der Waals surface area contributed by atoms with Crippen LogP contribution in [0.3, 0.4) is 0 Å². The van der Waals surface area contributed by atoms with Gasteiger partial charge in [0.05, 0.1) is 12.3 Å². The minimum atomic E-state index is -2.99. The third-order valence-corrected chi connectivity index (χ3v) is 4.40. The molecule has 0 heterocycles. The SMILES string of the molecule is CCCCCCNC(=NCc1ccc(CS(C)(=O)=O)cc1)NCC. The summed E-state index contributed by atoms with van der Waals surface area (Å²) in [4.78, 5) is 4.58. The van der Waals surface area contributed by atoms with E-state index in [4.69, 9.17) is 0 Å². The van der Waals surface area contributed by atoms with E-state index in [0.29, 0.717) is 6.54 Å². The molecule has 1 aromatic rings. The van der Waals surface area contributed by atoms with Crippen LogP contribution in [-0.2, 0) is 22.1 Å². The van der Waals surface area contributed by atoms with Crippen molar-refractivity contribution in [3.05, 3.63) is 35.4 Å². The van der Waals surface area contributed by atoms with E-state index in [1.54, 1.807) is 0 Å². The van der Waals surface area contributed by atoms with Gasteiger partial charge < -0.3 is 10.6 Å². The van der Waals surface area contributed by atoms with Crippen LogP contribution >= 0.6 is 0 Å². The lowest BCUT2D eigenvalue weighted by molar-refractivity contribution is 0.601. The summed E-state index contributed by atoms with van der Waals surface area (Å²) in [6.07, 6.45) is 6.15. The third kappa shape index (κ3) is 9.55. The molecule has 0 bridgehead atoms. The van der Waals surface area contributed by atoms with Gasteiger partial charge in [-0.3, -0.25) is 0 Å². The van der Waals surface area contributed by atoms with Gasteiger partial charge in [-0.25, -0.2) is 13.4 Å². The molecule has 0 saturated carbocycles. The van der Waals surface area contributed by atoms with Gasteiger partial charge >= 0.3 is 0 Å². The van der Waals surface area contributed by atoms with Crippen LogP contribution in [0.15, 0.2) is 29.3 Å². The first-order valence-corrected chi connectivity index (χ1v) is 10.8. The molecular formula is C18H31N3O2S. The Hall–Kier alpha value is -1.56. The largest absolute Gasteiger partial charge is 0.357 e. The van der Waals surface area contributed by atoms with Crippen molar-refractivity contribution in [2.75, 3.05) is 19.3 Å². The van der Waals surface area contributed by atoms with E-state index in [2.05, 4.69) is 22.5 Å². The van der Waals surface area contributed by atoms with Crippen molar-refractivity contribution in [2.24, 2.45) is 4.99 Å². The van der Waals surface area contributed by atoms with Crippen molar-refractivity contribution in [3.63, 3.8) is 0 Å². The van der Waals surface area contributed by atoms with E-state index in [0.717, 1.165) is 36.6 Å². The molecule has 24 heavy (non-hydrogen) atoms. The first-order valence-electron chi connectivity index (χ1n) is 8.72. The zero-order valence-electron chi connectivity index (χ0n) is 15.1. The summed E-state index contributed by atoms with van der Waals surface area (Å²) < 4.78 is 22.6. The summed E-state index contributed by atoms with van der Waals surface area (Å²) in [5.74, 6) is 0.910. The van der Waals surface area contributed by atoms with Crippen molar-refractivity contribution in [2.45, 2.75) is 51.8 Å². The highest BCUT2D eigenvalue weighted by molar-refractivity contribution is 7.89. The predicted octanol–water partition coefficient (Wildman–Crippen LogP) is 2.87. The van der Waals surface area contributed by atoms with Crippen LogP contribution in [0, 0.1) is 0 Å². The summed E-state index contributed by atoms with van der Waals surface area (Å²) in [6.45, 7) is 6.59. The number of nitrogens with zero attached hydrogens (tertiary/aromatic N) is 1. The first-order chi connectivity index (χ1) is 11.4. The number of guanidine groups is 1. The smallest absolute Gasteiger partial charge is 0.191 e. The van der Waals surface area contributed by atoms with Crippen molar-refractivity contribution >= 4 is 15.8 Å². The molecule has 0 fully saturated rings. The number of hydrogen-bond acceptors (Lipinski definition) is 3. The maximum absolute atomic E-state index is 11.3. The fraction of sp³-hybridized carbons (Fsp3) is 0.611. The lowest BCUT2D eigenvalue weighted by Gasteiger charge is -2.11. The third-order valence-electron chi connectivity index (χ3n) is 3.54. The molecule has 0 aliphatic rings. The van der Waals surface area contributed by atoms with Crippen molar-refractivity contribution in [1.82, 2.24) is 10.6 Å². The summed E-state index contributed by atoms with van der Waals surface area (Å²) >= 11 is 0. The Morgan fingerprint density at radius 1 is 1.00 bits per heavy atom. The lowest BCUT2D eigenvalue weighted by Crippen LogP contribution is -2.37. The number of hydrogen-bond donors (Lipinski definition) is 2. The van der Waals surface area contributed by atoms with Gasteiger partial charge in [0.25, 0.3) is 0 Å². The maximum atomic E-state index is 11.3. The normalized spacial score (nSPS) is 12.2. The van der Waals surface area contributed by atoms with Crippen LogP contribution in [0.2, 0.25) is 0 Å². The number of nitrogens with one attached hydrogen (secondary N) is 2. The molecule has 0 atom stereocenters. The molecule has 1 aromatic carbocycles. The van der Waals surface area contributed by atoms with Gasteiger partial charge in [-0.2, -0.15) is 0 Å². The molecular weight excluding hydrogens is 322 g/mol. The second-order valence-corrected chi connectivity index (χ2v) is 8.21. The standard InChI is InChI=1S/C18H31N3O2S/c1-4-6-7-8-13-20-18(19-5-2)21-14-16-9-11-17(12-10-16)15-24(3,22)23/h9-12H,4-8,13-15H2,1-3H3,(H2,19,20,21). The Morgan fingerprint density at radius 2 is 1.67 bits per heavy atom. The second-order valence-electron chi connectivity index (χ2n) is 6.07. The average Bonchev–Trinajstić information content (AvgIpc) is 2.52. The monoisotopic (exact) mass is 353 g/mol. The molecule has 0 aliphatic carbocycles. The van der Waals surface area contributed by atoms with Gasteiger partial charge in [-0.05, 0) is 24.5 Å². The molecule has 0 aromatic heterocycles. The molecule has 1 rings (SSSR count).